The Kier molecular flexibility index (Phi) is 7.88. The third-order valence-corrected chi connectivity index (χ3v) is 5.36. The standard InChI is InChI=1S/C21H22N6O.C6H6/c1-14-8-19(27-26-14)17-9-20-21(25-11-17)28-18(13-24-20)12-23-7-6-15-2-4-16(10-22)5-3-15;1-2-4-6-5-3-1/h2-5,8-9,11,18,23-24H,6-7,12-13H2,1H3,(H,26,27);1-6H. The van der Waals surface area contributed by atoms with Gasteiger partial charge in [0.1, 0.15) is 6.10 Å². The molecule has 7 nitrogen and oxygen atoms in total. The van der Waals surface area contributed by atoms with Gasteiger partial charge in [0.15, 0.2) is 0 Å². The minimum Gasteiger partial charge on any atom is -0.470 e. The third-order valence-electron chi connectivity index (χ3n) is 5.36. The van der Waals surface area contributed by atoms with E-state index in [9.17, 15) is 0 Å². The van der Waals surface area contributed by atoms with Crippen LogP contribution in [0.15, 0.2) is 79.0 Å². The van der Waals surface area contributed by atoms with Gasteiger partial charge in [-0.3, -0.25) is 5.10 Å². The highest BCUT2D eigenvalue weighted by Gasteiger charge is 2.21. The fourth-order valence-electron chi connectivity index (χ4n) is 3.54. The largest absolute Gasteiger partial charge is 0.470 e. The Labute approximate surface area is 199 Å². The summed E-state index contributed by atoms with van der Waals surface area (Å²) in [6, 6.07) is 25.8. The quantitative estimate of drug-likeness (QED) is 0.376. The second kappa shape index (κ2) is 11.6. The van der Waals surface area contributed by atoms with Crippen molar-refractivity contribution in [1.29, 1.82) is 5.26 Å². The lowest BCUT2D eigenvalue weighted by molar-refractivity contribution is 0.194. The van der Waals surface area contributed by atoms with Crippen LogP contribution < -0.4 is 15.4 Å². The number of pyridine rings is 1. The lowest BCUT2D eigenvalue weighted by atomic mass is 10.1. The van der Waals surface area contributed by atoms with E-state index in [4.69, 9.17) is 10.00 Å². The number of H-pyrrole nitrogens is 1. The Morgan fingerprint density at radius 1 is 1.09 bits per heavy atom. The zero-order valence-corrected chi connectivity index (χ0v) is 19.2. The van der Waals surface area contributed by atoms with Gasteiger partial charge in [0.05, 0.1) is 29.6 Å². The van der Waals surface area contributed by atoms with Gasteiger partial charge in [-0.15, -0.1) is 0 Å². The predicted octanol–water partition coefficient (Wildman–Crippen LogP) is 4.34. The molecule has 1 aliphatic rings. The van der Waals surface area contributed by atoms with Crippen molar-refractivity contribution in [1.82, 2.24) is 20.5 Å². The van der Waals surface area contributed by atoms with Crippen molar-refractivity contribution in [2.24, 2.45) is 0 Å². The number of anilines is 1. The van der Waals surface area contributed by atoms with Crippen molar-refractivity contribution in [3.05, 3.63) is 95.8 Å². The minimum atomic E-state index is 0.0273. The van der Waals surface area contributed by atoms with Crippen molar-refractivity contribution in [2.45, 2.75) is 19.4 Å². The molecule has 2 aromatic heterocycles. The Balaban J connectivity index is 0.000000398. The maximum atomic E-state index is 8.84. The van der Waals surface area contributed by atoms with Gasteiger partial charge < -0.3 is 15.4 Å². The van der Waals surface area contributed by atoms with E-state index in [0.29, 0.717) is 11.4 Å². The molecular weight excluding hydrogens is 424 g/mol. The second-order valence-corrected chi connectivity index (χ2v) is 8.05. The van der Waals surface area contributed by atoms with E-state index >= 15 is 0 Å². The number of nitrogens with zero attached hydrogens (tertiary/aromatic N) is 3. The maximum Gasteiger partial charge on any atom is 0.237 e. The van der Waals surface area contributed by atoms with Crippen molar-refractivity contribution in [2.75, 3.05) is 25.0 Å². The van der Waals surface area contributed by atoms with Crippen molar-refractivity contribution >= 4 is 5.69 Å². The lowest BCUT2D eigenvalue weighted by Crippen LogP contribution is -2.40. The molecule has 1 atom stereocenters. The lowest BCUT2D eigenvalue weighted by Gasteiger charge is -2.27. The molecule has 0 saturated heterocycles. The van der Waals surface area contributed by atoms with E-state index in [1.165, 1.54) is 5.56 Å². The first-order valence-corrected chi connectivity index (χ1v) is 11.3. The van der Waals surface area contributed by atoms with Crippen LogP contribution in [-0.2, 0) is 6.42 Å². The number of nitrogens with one attached hydrogen (secondary N) is 3. The molecule has 7 heteroatoms. The second-order valence-electron chi connectivity index (χ2n) is 8.05. The number of aromatic amines is 1. The number of ether oxygens (including phenoxy) is 1. The number of rotatable bonds is 6. The zero-order chi connectivity index (χ0) is 23.6. The Morgan fingerprint density at radius 2 is 1.82 bits per heavy atom. The minimum absolute atomic E-state index is 0.0273. The fraction of sp³-hybridized carbons (Fsp3) is 0.222. The third kappa shape index (κ3) is 6.44. The fourth-order valence-corrected chi connectivity index (χ4v) is 3.54. The number of benzene rings is 2. The SMILES string of the molecule is Cc1cc(-c2cnc3c(c2)NCC(CNCCc2ccc(C#N)cc2)O3)n[nH]1.c1ccccc1. The van der Waals surface area contributed by atoms with Gasteiger partial charge in [0.25, 0.3) is 0 Å². The first kappa shape index (κ1) is 23.0. The van der Waals surface area contributed by atoms with Gasteiger partial charge in [-0.2, -0.15) is 10.4 Å². The first-order chi connectivity index (χ1) is 16.7. The topological polar surface area (TPSA) is 98.7 Å². The molecular formula is C27H28N6O. The summed E-state index contributed by atoms with van der Waals surface area (Å²) >= 11 is 0. The van der Waals surface area contributed by atoms with Gasteiger partial charge in [-0.05, 0) is 49.7 Å². The van der Waals surface area contributed by atoms with Crippen LogP contribution >= 0.6 is 0 Å². The van der Waals surface area contributed by atoms with Crippen LogP contribution in [0.1, 0.15) is 16.8 Å². The average Bonchev–Trinajstić information content (AvgIpc) is 3.34. The van der Waals surface area contributed by atoms with Crippen molar-refractivity contribution in [3.63, 3.8) is 0 Å². The monoisotopic (exact) mass is 452 g/mol. The summed E-state index contributed by atoms with van der Waals surface area (Å²) in [5.74, 6) is 0.626. The summed E-state index contributed by atoms with van der Waals surface area (Å²) in [4.78, 5) is 4.45. The van der Waals surface area contributed by atoms with Crippen LogP contribution in [0.25, 0.3) is 11.3 Å². The number of fused-ring (bicyclic) bond motifs is 1. The highest BCUT2D eigenvalue weighted by Crippen LogP contribution is 2.30. The van der Waals surface area contributed by atoms with Crippen molar-refractivity contribution in [3.8, 4) is 23.2 Å². The number of hydrogen-bond acceptors (Lipinski definition) is 6. The van der Waals surface area contributed by atoms with E-state index in [2.05, 4.69) is 31.9 Å². The van der Waals surface area contributed by atoms with Crippen molar-refractivity contribution < 1.29 is 4.74 Å². The van der Waals surface area contributed by atoms with E-state index in [1.54, 1.807) is 6.20 Å². The van der Waals surface area contributed by atoms with E-state index in [1.807, 2.05) is 79.7 Å². The van der Waals surface area contributed by atoms with E-state index < -0.39 is 0 Å². The predicted molar refractivity (Wildman–Crippen MR) is 134 cm³/mol. The summed E-state index contributed by atoms with van der Waals surface area (Å²) < 4.78 is 6.01. The van der Waals surface area contributed by atoms with Crippen LogP contribution in [0.2, 0.25) is 0 Å². The molecule has 4 aromatic rings. The normalized spacial score (nSPS) is 13.9. The average molecular weight is 453 g/mol. The summed E-state index contributed by atoms with van der Waals surface area (Å²) in [6.45, 7) is 4.29. The number of nitriles is 1. The Morgan fingerprint density at radius 3 is 2.47 bits per heavy atom. The molecule has 2 aromatic carbocycles. The Bertz CT molecular complexity index is 1190. The molecule has 0 aliphatic carbocycles. The molecule has 0 saturated carbocycles. The number of aromatic nitrogens is 3. The smallest absolute Gasteiger partial charge is 0.237 e. The molecule has 1 unspecified atom stereocenters. The van der Waals surface area contributed by atoms with Crippen LogP contribution in [0.4, 0.5) is 5.69 Å². The molecule has 172 valence electrons. The summed E-state index contributed by atoms with van der Waals surface area (Å²) in [7, 11) is 0. The van der Waals surface area contributed by atoms with Crippen LogP contribution in [0, 0.1) is 18.3 Å². The number of hydrogen-bond donors (Lipinski definition) is 3. The van der Waals surface area contributed by atoms with Crippen LogP contribution in [0.3, 0.4) is 0 Å². The molecule has 3 N–H and O–H groups in total. The van der Waals surface area contributed by atoms with Gasteiger partial charge in [-0.1, -0.05) is 48.5 Å². The molecule has 3 heterocycles. The Hall–Kier alpha value is -4.15. The highest BCUT2D eigenvalue weighted by atomic mass is 16.5. The zero-order valence-electron chi connectivity index (χ0n) is 19.2. The molecule has 0 spiro atoms. The molecule has 0 amide bonds. The summed E-state index contributed by atoms with van der Waals surface area (Å²) in [5, 5.41) is 22.9. The van der Waals surface area contributed by atoms with E-state index in [0.717, 1.165) is 48.7 Å². The molecule has 0 fully saturated rings. The van der Waals surface area contributed by atoms with Gasteiger partial charge in [-0.25, -0.2) is 4.98 Å². The summed E-state index contributed by atoms with van der Waals surface area (Å²) in [5.41, 5.74) is 5.65. The molecule has 5 rings (SSSR count). The van der Waals surface area contributed by atoms with Crippen LogP contribution in [-0.4, -0.2) is 40.9 Å². The van der Waals surface area contributed by atoms with Gasteiger partial charge >= 0.3 is 0 Å². The van der Waals surface area contributed by atoms with Gasteiger partial charge in [0.2, 0.25) is 5.88 Å². The summed E-state index contributed by atoms with van der Waals surface area (Å²) in [6.07, 6.45) is 2.73. The number of aryl methyl sites for hydroxylation is 1. The van der Waals surface area contributed by atoms with Crippen LogP contribution in [0.5, 0.6) is 5.88 Å². The molecule has 0 radical (unpaired) electrons. The first-order valence-electron chi connectivity index (χ1n) is 11.3. The van der Waals surface area contributed by atoms with Gasteiger partial charge in [0, 0.05) is 24.0 Å². The van der Waals surface area contributed by atoms with E-state index in [-0.39, 0.29) is 6.10 Å². The molecule has 34 heavy (non-hydrogen) atoms. The highest BCUT2D eigenvalue weighted by molar-refractivity contribution is 5.67. The molecule has 0 bridgehead atoms. The molecule has 1 aliphatic heterocycles. The maximum absolute atomic E-state index is 8.84.